The van der Waals surface area contributed by atoms with E-state index in [0.717, 1.165) is 109 Å². The second-order valence-corrected chi connectivity index (χ2v) is 43.9. The molecule has 0 radical (unpaired) electrons. The van der Waals surface area contributed by atoms with Gasteiger partial charge in [0.2, 0.25) is 0 Å². The van der Waals surface area contributed by atoms with Gasteiger partial charge in [-0.1, -0.05) is 278 Å². The summed E-state index contributed by atoms with van der Waals surface area (Å²) in [7, 11) is 0. The van der Waals surface area contributed by atoms with Crippen LogP contribution in [0.4, 0.5) is 0 Å². The summed E-state index contributed by atoms with van der Waals surface area (Å²) in [5.41, 5.74) is 32.5. The van der Waals surface area contributed by atoms with Gasteiger partial charge >= 0.3 is 0 Å². The van der Waals surface area contributed by atoms with Crippen molar-refractivity contribution < 1.29 is 25.2 Å². The van der Waals surface area contributed by atoms with Gasteiger partial charge in [-0.15, -0.1) is 34.8 Å². The van der Waals surface area contributed by atoms with E-state index in [1.54, 1.807) is 66.7 Å². The van der Waals surface area contributed by atoms with Gasteiger partial charge in [-0.2, -0.15) is 15.8 Å². The Morgan fingerprint density at radius 2 is 0.551 bits per heavy atom. The van der Waals surface area contributed by atoms with Crippen LogP contribution < -0.4 is 33.6 Å². The molecule has 8 aliphatic carbocycles. The number of rotatable bonds is 20. The van der Waals surface area contributed by atoms with Crippen LogP contribution in [0.2, 0.25) is 90.4 Å². The third kappa shape index (κ3) is 27.1. The molecule has 17 atom stereocenters. The minimum atomic E-state index is -0.553. The highest BCUT2D eigenvalue weighted by atomic mass is 35.5. The number of ether oxygens (including phenoxy) is 1. The summed E-state index contributed by atoms with van der Waals surface area (Å²) in [6, 6.07) is 56.8. The number of halogens is 21. The molecule has 0 spiro atoms. The number of piperidine rings is 2. The van der Waals surface area contributed by atoms with Crippen LogP contribution in [0.1, 0.15) is 116 Å². The van der Waals surface area contributed by atoms with Crippen molar-refractivity contribution in [1.82, 2.24) is 10.6 Å². The van der Waals surface area contributed by atoms with Crippen molar-refractivity contribution in [2.75, 3.05) is 103 Å². The van der Waals surface area contributed by atoms with Gasteiger partial charge in [0.25, 0.3) is 0 Å². The number of alkyl halides is 3. The van der Waals surface area contributed by atoms with Crippen LogP contribution in [0.25, 0.3) is 0 Å². The van der Waals surface area contributed by atoms with E-state index in [-0.39, 0.29) is 86.6 Å². The molecule has 9 aromatic carbocycles. The average molecular weight is 2270 g/mol. The topological polar surface area (TPSA) is 293 Å². The SMILES string of the molecule is C.C.ClC[C@@H]1CO1.Clc1ccc([C@]23CNC[C@H]2C3)cc1Cl.Clc1ccc([C@]23CNC[C@H]2C3)cc1Cl.N#CCc1ccc(Cl)c(Cl)c1.N#C[C@@]1(c2ccc(Cl)c(Cl)c2)C[C@@H]1CO.N#C[C@]1(c2ccc(Cl)c(Cl)c2)C[C@@H]1CO.NC[C@@]1(c2ccc(Cl)c(Cl)c2)C[C@@H]1CCl.NC[C@@]1(c2ccc(Cl)c(Cl)c2)C[C@@H]1CO.NC[C@]1(c2ccc(Cl)c(Cl)c2)C[C@@H]1CCl.NC[C@]1(c2ccc(Cl)c(Cl)c2)C[C@@H]1CO. The molecule has 35 heteroatoms. The summed E-state index contributed by atoms with van der Waals surface area (Å²) in [6.45, 7) is 8.10. The van der Waals surface area contributed by atoms with E-state index in [4.69, 9.17) is 308 Å². The molecule has 8 saturated carbocycles. The highest BCUT2D eigenvalue weighted by Gasteiger charge is 2.61. The smallest absolute Gasteiger partial charge is 0.0944 e. The molecule has 0 bridgehead atoms. The lowest BCUT2D eigenvalue weighted by Gasteiger charge is -2.15. The molecule has 734 valence electrons. The second kappa shape index (κ2) is 50.9. The third-order valence-corrected chi connectivity index (χ3v) is 35.8. The molecule has 20 rings (SSSR count). The normalized spacial score (nSPS) is 28.2. The van der Waals surface area contributed by atoms with Crippen LogP contribution in [-0.2, 0) is 54.5 Å². The lowest BCUT2D eigenvalue weighted by molar-refractivity contribution is 0.264. The van der Waals surface area contributed by atoms with Crippen molar-refractivity contribution in [3.63, 3.8) is 0 Å². The number of epoxide rings is 1. The van der Waals surface area contributed by atoms with E-state index >= 15 is 0 Å². The Hall–Kier alpha value is -2.90. The first-order valence-corrected chi connectivity index (χ1v) is 51.6. The van der Waals surface area contributed by atoms with Crippen molar-refractivity contribution in [2.45, 2.75) is 122 Å². The van der Waals surface area contributed by atoms with E-state index in [0.29, 0.717) is 182 Å². The van der Waals surface area contributed by atoms with Gasteiger partial charge in [-0.3, -0.25) is 0 Å². The van der Waals surface area contributed by atoms with Crippen molar-refractivity contribution in [3.8, 4) is 18.2 Å². The van der Waals surface area contributed by atoms with Gasteiger partial charge in [-0.25, -0.2) is 0 Å². The molecule has 0 amide bonds. The summed E-state index contributed by atoms with van der Waals surface area (Å²) in [5.74, 6) is 5.13. The first-order valence-electron chi connectivity index (χ1n) is 43.2. The van der Waals surface area contributed by atoms with Gasteiger partial charge < -0.3 is 58.7 Å². The molecule has 0 unspecified atom stereocenters. The van der Waals surface area contributed by atoms with Crippen molar-refractivity contribution in [1.29, 1.82) is 15.8 Å². The zero-order chi connectivity index (χ0) is 97.8. The molecule has 11 aliphatic rings. The quantitative estimate of drug-likeness (QED) is 0.0251. The fourth-order valence-electron chi connectivity index (χ4n) is 18.4. The number of benzene rings is 9. The number of hydrogen-bond donors (Lipinski definition) is 10. The minimum absolute atomic E-state index is 0. The number of nitrogens with zero attached hydrogens (tertiary/aromatic N) is 3. The van der Waals surface area contributed by atoms with Crippen LogP contribution in [0.3, 0.4) is 0 Å². The maximum atomic E-state index is 9.14. The first kappa shape index (κ1) is 117. The van der Waals surface area contributed by atoms with E-state index in [1.807, 2.05) is 91.0 Å². The Morgan fingerprint density at radius 1 is 0.309 bits per heavy atom. The highest BCUT2D eigenvalue weighted by molar-refractivity contribution is 6.46. The lowest BCUT2D eigenvalue weighted by atomic mass is 9.93. The van der Waals surface area contributed by atoms with Crippen molar-refractivity contribution in [2.24, 2.45) is 70.3 Å². The van der Waals surface area contributed by atoms with Crippen LogP contribution in [0.15, 0.2) is 164 Å². The molecule has 11 fully saturated rings. The average Bonchev–Trinajstić information content (AvgIpc) is 1.55. The molecular weight excluding hydrogens is 2160 g/mol. The Labute approximate surface area is 903 Å². The summed E-state index contributed by atoms with van der Waals surface area (Å²) in [6.07, 6.45) is 8.71. The van der Waals surface area contributed by atoms with Gasteiger partial charge in [-0.05, 0) is 259 Å². The van der Waals surface area contributed by atoms with Crippen molar-refractivity contribution >= 4 is 244 Å². The number of aliphatic hydroxyl groups is 4. The van der Waals surface area contributed by atoms with E-state index in [1.165, 1.54) is 24.0 Å². The number of aliphatic hydroxyl groups excluding tert-OH is 4. The third-order valence-electron chi connectivity index (χ3n) is 28.1. The fraction of sp³-hybridized carbons (Fsp3) is 0.436. The fourth-order valence-corrected chi connectivity index (χ4v) is 22.1. The van der Waals surface area contributed by atoms with Gasteiger partial charge in [0, 0.05) is 122 Å². The van der Waals surface area contributed by atoms with Crippen LogP contribution in [-0.4, -0.2) is 130 Å². The number of nitriles is 3. The highest BCUT2D eigenvalue weighted by Crippen LogP contribution is 2.62. The molecular formula is C101H108Cl21N9O5. The van der Waals surface area contributed by atoms with Crippen LogP contribution in [0.5, 0.6) is 0 Å². The zero-order valence-electron chi connectivity index (χ0n) is 72.2. The molecule has 9 aromatic rings. The maximum Gasteiger partial charge on any atom is 0.0944 e. The standard InChI is InChI=1S/2C11H12Cl3N.2C11H13Cl2NO.2C11H9Cl2NO.2C11H11Cl2N.C8H5Cl2N.C3H5ClO.2CH4/c2*12-5-8-4-11(8,6-15)7-1-2-9(13)10(14)3-7;4*12-9-2-1-7(3-10(9)13)11(6-14)4-8(11)5-15;2*12-9-2-1-7(3-10(9)13)11-4-8(11)5-14-6-11;9-7-2-1-6(3-4-11)5-8(7)10;4-1-3-2-5-3;;/h2*1-3,8H,4-6,15H2;2*1-3,8,15H,4-6,14H2;2*1-3,8,15H,4-5H2;2*1-3,8,14H,4-6H2;1-2,5H,3H2;3H,1-2H2;2*1H4/t8-,11+;8-,11-;8-,11+;8-,11-;8-,11+;8-,11-;2*8-,11+;;3-;;/m11111111.1../s1. The Kier molecular flexibility index (Phi) is 43.7. The number of nitrogens with two attached hydrogens (primary N) is 4. The number of nitrogens with one attached hydrogen (secondary N) is 2. The zero-order valence-corrected chi connectivity index (χ0v) is 88.1. The molecule has 3 heterocycles. The molecule has 14 nitrogen and oxygen atoms in total. The van der Waals surface area contributed by atoms with Crippen LogP contribution in [0, 0.1) is 81.3 Å². The predicted molar refractivity (Wildman–Crippen MR) is 573 cm³/mol. The van der Waals surface area contributed by atoms with Gasteiger partial charge in [0.15, 0.2) is 0 Å². The molecule has 14 N–H and O–H groups in total. The molecule has 3 aliphatic heterocycles. The Balaban J connectivity index is 0.000000170. The monoisotopic (exact) mass is 2260 g/mol. The molecule has 0 aromatic heterocycles. The second-order valence-electron chi connectivity index (χ2n) is 35.7. The molecule has 3 saturated heterocycles. The van der Waals surface area contributed by atoms with E-state index in [2.05, 4.69) is 34.9 Å². The molecule has 136 heavy (non-hydrogen) atoms. The number of fused-ring (bicyclic) bond motifs is 2. The summed E-state index contributed by atoms with van der Waals surface area (Å²) < 4.78 is 4.73. The maximum absolute atomic E-state index is 9.14. The largest absolute Gasteiger partial charge is 0.396 e. The Morgan fingerprint density at radius 3 is 0.735 bits per heavy atom. The number of hydrogen-bond acceptors (Lipinski definition) is 14. The summed E-state index contributed by atoms with van der Waals surface area (Å²) in [5, 5.41) is 79.9. The minimum Gasteiger partial charge on any atom is -0.396 e. The Bertz CT molecular complexity index is 5300. The van der Waals surface area contributed by atoms with Crippen LogP contribution >= 0.6 is 244 Å². The van der Waals surface area contributed by atoms with Crippen molar-refractivity contribution in [3.05, 3.63) is 304 Å². The van der Waals surface area contributed by atoms with E-state index < -0.39 is 10.8 Å². The summed E-state index contributed by atoms with van der Waals surface area (Å²) >= 11 is 123. The first-order chi connectivity index (χ1) is 63.9. The van der Waals surface area contributed by atoms with Gasteiger partial charge in [0.1, 0.15) is 0 Å². The lowest BCUT2D eigenvalue weighted by Crippen LogP contribution is -2.23. The van der Waals surface area contributed by atoms with Gasteiger partial charge in [0.05, 0.1) is 144 Å². The predicted octanol–water partition coefficient (Wildman–Crippen LogP) is 27.5. The van der Waals surface area contributed by atoms with E-state index in [9.17, 15) is 0 Å². The summed E-state index contributed by atoms with van der Waals surface area (Å²) in [4.78, 5) is 0.